The van der Waals surface area contributed by atoms with Crippen LogP contribution in [0.2, 0.25) is 0 Å². The molecule has 1 N–H and O–H groups in total. The molecule has 0 saturated heterocycles. The van der Waals surface area contributed by atoms with Crippen LogP contribution in [0.4, 0.5) is 0 Å². The first-order chi connectivity index (χ1) is 6.58. The van der Waals surface area contributed by atoms with Crippen molar-refractivity contribution in [2.24, 2.45) is 0 Å². The Hall–Kier alpha value is -0.130. The van der Waals surface area contributed by atoms with Crippen LogP contribution < -0.4 is 5.32 Å². The van der Waals surface area contributed by atoms with Crippen molar-refractivity contribution in [3.05, 3.63) is 5.82 Å². The second-order valence-electron chi connectivity index (χ2n) is 3.60. The summed E-state index contributed by atoms with van der Waals surface area (Å²) in [6.45, 7) is 9.47. The third kappa shape index (κ3) is 4.39. The smallest absolute Gasteiger partial charge is 0.170 e. The molecule has 1 aromatic rings. The molecule has 1 unspecified atom stereocenters. The Kier molecular flexibility index (Phi) is 4.84. The molecule has 1 aromatic heterocycles. The Morgan fingerprint density at radius 3 is 2.64 bits per heavy atom. The highest BCUT2D eigenvalue weighted by Crippen LogP contribution is 2.24. The van der Waals surface area contributed by atoms with Crippen LogP contribution in [-0.4, -0.2) is 27.2 Å². The van der Waals surface area contributed by atoms with Gasteiger partial charge in [-0.1, -0.05) is 32.5 Å². The molecule has 0 fully saturated rings. The lowest BCUT2D eigenvalue weighted by Gasteiger charge is -2.12. The van der Waals surface area contributed by atoms with Crippen LogP contribution in [0.15, 0.2) is 4.34 Å². The SMILES string of the molecule is Cc1nsc(SC(C)CNC(C)C)n1. The van der Waals surface area contributed by atoms with Gasteiger partial charge in [-0.2, -0.15) is 4.37 Å². The fraction of sp³-hybridized carbons (Fsp3) is 0.778. The van der Waals surface area contributed by atoms with Crippen molar-refractivity contribution < 1.29 is 0 Å². The third-order valence-electron chi connectivity index (χ3n) is 1.62. The molecule has 0 bridgehead atoms. The zero-order valence-corrected chi connectivity index (χ0v) is 10.7. The van der Waals surface area contributed by atoms with Crippen molar-refractivity contribution >= 4 is 23.3 Å². The number of nitrogens with zero attached hydrogens (tertiary/aromatic N) is 2. The average Bonchev–Trinajstić information content (AvgIpc) is 2.48. The summed E-state index contributed by atoms with van der Waals surface area (Å²) in [6, 6.07) is 0.550. The highest BCUT2D eigenvalue weighted by atomic mass is 32.2. The molecule has 0 aliphatic heterocycles. The molecular formula is C9H17N3S2. The van der Waals surface area contributed by atoms with Crippen LogP contribution in [0.3, 0.4) is 0 Å². The van der Waals surface area contributed by atoms with Crippen molar-refractivity contribution in [1.82, 2.24) is 14.7 Å². The number of hydrogen-bond acceptors (Lipinski definition) is 5. The Morgan fingerprint density at radius 2 is 2.14 bits per heavy atom. The van der Waals surface area contributed by atoms with Gasteiger partial charge in [-0.3, -0.25) is 0 Å². The van der Waals surface area contributed by atoms with Crippen LogP contribution >= 0.6 is 23.3 Å². The van der Waals surface area contributed by atoms with Gasteiger partial charge in [-0.15, -0.1) is 0 Å². The summed E-state index contributed by atoms with van der Waals surface area (Å²) < 4.78 is 5.22. The van der Waals surface area contributed by atoms with E-state index in [1.54, 1.807) is 11.8 Å². The Labute approximate surface area is 93.9 Å². The first kappa shape index (κ1) is 11.9. The summed E-state index contributed by atoms with van der Waals surface area (Å²) in [4.78, 5) is 4.32. The van der Waals surface area contributed by atoms with Crippen LogP contribution in [0.1, 0.15) is 26.6 Å². The minimum absolute atomic E-state index is 0.546. The maximum Gasteiger partial charge on any atom is 0.170 e. The molecule has 0 aromatic carbocycles. The van der Waals surface area contributed by atoms with Gasteiger partial charge >= 0.3 is 0 Å². The molecule has 0 radical (unpaired) electrons. The van der Waals surface area contributed by atoms with Crippen LogP contribution in [0.25, 0.3) is 0 Å². The zero-order chi connectivity index (χ0) is 10.6. The molecule has 1 heterocycles. The molecule has 1 rings (SSSR count). The molecule has 1 atom stereocenters. The van der Waals surface area contributed by atoms with Crippen molar-refractivity contribution in [3.8, 4) is 0 Å². The van der Waals surface area contributed by atoms with Crippen LogP contribution in [-0.2, 0) is 0 Å². The molecule has 0 aliphatic rings. The van der Waals surface area contributed by atoms with Crippen LogP contribution in [0.5, 0.6) is 0 Å². The Balaban J connectivity index is 2.30. The van der Waals surface area contributed by atoms with Gasteiger partial charge in [-0.25, -0.2) is 4.98 Å². The lowest BCUT2D eigenvalue weighted by molar-refractivity contribution is 0.589. The highest BCUT2D eigenvalue weighted by Gasteiger charge is 2.08. The van der Waals surface area contributed by atoms with E-state index in [-0.39, 0.29) is 0 Å². The summed E-state index contributed by atoms with van der Waals surface area (Å²) in [6.07, 6.45) is 0. The molecule has 80 valence electrons. The van der Waals surface area contributed by atoms with Crippen molar-refractivity contribution in [1.29, 1.82) is 0 Å². The van der Waals surface area contributed by atoms with E-state index < -0.39 is 0 Å². The Morgan fingerprint density at radius 1 is 1.43 bits per heavy atom. The van der Waals surface area contributed by atoms with E-state index in [4.69, 9.17) is 0 Å². The predicted octanol–water partition coefficient (Wildman–Crippen LogP) is 2.33. The predicted molar refractivity (Wildman–Crippen MR) is 63.1 cm³/mol. The van der Waals surface area contributed by atoms with Gasteiger partial charge in [0.2, 0.25) is 0 Å². The maximum atomic E-state index is 4.32. The van der Waals surface area contributed by atoms with E-state index >= 15 is 0 Å². The van der Waals surface area contributed by atoms with E-state index in [2.05, 4.69) is 35.4 Å². The fourth-order valence-electron chi connectivity index (χ4n) is 0.941. The molecule has 0 saturated carbocycles. The summed E-state index contributed by atoms with van der Waals surface area (Å²) >= 11 is 3.27. The van der Waals surface area contributed by atoms with Crippen molar-refractivity contribution in [3.63, 3.8) is 0 Å². The first-order valence-electron chi connectivity index (χ1n) is 4.78. The van der Waals surface area contributed by atoms with Gasteiger partial charge < -0.3 is 5.32 Å². The molecular weight excluding hydrogens is 214 g/mol. The minimum atomic E-state index is 0.546. The van der Waals surface area contributed by atoms with Gasteiger partial charge in [0.25, 0.3) is 0 Å². The number of hydrogen-bond donors (Lipinski definition) is 1. The van der Waals surface area contributed by atoms with E-state index in [0.717, 1.165) is 16.7 Å². The van der Waals surface area contributed by atoms with Crippen LogP contribution in [0, 0.1) is 6.92 Å². The normalized spacial score (nSPS) is 13.5. The number of nitrogens with one attached hydrogen (secondary N) is 1. The van der Waals surface area contributed by atoms with E-state index in [1.807, 2.05) is 6.92 Å². The monoisotopic (exact) mass is 231 g/mol. The Bertz CT molecular complexity index is 273. The molecule has 5 heteroatoms. The number of thioether (sulfide) groups is 1. The minimum Gasteiger partial charge on any atom is -0.313 e. The standard InChI is InChI=1S/C9H17N3S2/c1-6(2)10-5-7(3)13-9-11-8(4)12-14-9/h6-7,10H,5H2,1-4H3. The molecule has 0 aliphatic carbocycles. The molecule has 3 nitrogen and oxygen atoms in total. The topological polar surface area (TPSA) is 37.8 Å². The summed E-state index contributed by atoms with van der Waals surface area (Å²) in [5.41, 5.74) is 0. The van der Waals surface area contributed by atoms with Gasteiger partial charge in [0.05, 0.1) is 0 Å². The quantitative estimate of drug-likeness (QED) is 0.789. The number of aryl methyl sites for hydroxylation is 1. The second-order valence-corrected chi connectivity index (χ2v) is 6.04. The molecule has 0 spiro atoms. The maximum absolute atomic E-state index is 4.32. The number of rotatable bonds is 5. The summed E-state index contributed by atoms with van der Waals surface area (Å²) in [5.74, 6) is 0.876. The van der Waals surface area contributed by atoms with Gasteiger partial charge in [-0.05, 0) is 18.5 Å². The molecule has 14 heavy (non-hydrogen) atoms. The highest BCUT2D eigenvalue weighted by molar-refractivity contribution is 8.01. The number of aromatic nitrogens is 2. The second kappa shape index (κ2) is 5.68. The fourth-order valence-corrected chi connectivity index (χ4v) is 2.85. The average molecular weight is 231 g/mol. The van der Waals surface area contributed by atoms with E-state index in [1.165, 1.54) is 11.5 Å². The largest absolute Gasteiger partial charge is 0.313 e. The van der Waals surface area contributed by atoms with Gasteiger partial charge in [0.1, 0.15) is 5.82 Å². The van der Waals surface area contributed by atoms with Crippen molar-refractivity contribution in [2.45, 2.75) is 43.3 Å². The van der Waals surface area contributed by atoms with E-state index in [9.17, 15) is 0 Å². The lowest BCUT2D eigenvalue weighted by atomic mass is 10.3. The van der Waals surface area contributed by atoms with E-state index in [0.29, 0.717) is 11.3 Å². The van der Waals surface area contributed by atoms with Gasteiger partial charge in [0.15, 0.2) is 4.34 Å². The van der Waals surface area contributed by atoms with Gasteiger partial charge in [0, 0.05) is 17.8 Å². The zero-order valence-electron chi connectivity index (χ0n) is 9.07. The first-order valence-corrected chi connectivity index (χ1v) is 6.43. The molecule has 0 amide bonds. The summed E-state index contributed by atoms with van der Waals surface area (Å²) in [7, 11) is 0. The summed E-state index contributed by atoms with van der Waals surface area (Å²) in [5, 5.41) is 3.95. The lowest BCUT2D eigenvalue weighted by Crippen LogP contribution is -2.28. The van der Waals surface area contributed by atoms with Crippen molar-refractivity contribution in [2.75, 3.05) is 6.54 Å². The third-order valence-corrected chi connectivity index (χ3v) is 3.60.